The maximum Gasteiger partial charge on any atom is 0.272 e. The third-order valence-corrected chi connectivity index (χ3v) is 4.55. The van der Waals surface area contributed by atoms with E-state index in [1.165, 1.54) is 0 Å². The van der Waals surface area contributed by atoms with E-state index in [0.29, 0.717) is 37.5 Å². The Bertz CT molecular complexity index is 653. The number of aromatic nitrogens is 2. The van der Waals surface area contributed by atoms with E-state index in [-0.39, 0.29) is 11.8 Å². The maximum absolute atomic E-state index is 12.5. The summed E-state index contributed by atoms with van der Waals surface area (Å²) < 4.78 is 1.58. The molecular formula is C16H23N5O2. The molecular weight excluding hydrogens is 294 g/mol. The van der Waals surface area contributed by atoms with Crippen LogP contribution in [0.3, 0.4) is 0 Å². The van der Waals surface area contributed by atoms with E-state index in [2.05, 4.69) is 29.3 Å². The van der Waals surface area contributed by atoms with E-state index in [1.54, 1.807) is 28.9 Å². The lowest BCUT2D eigenvalue weighted by Gasteiger charge is -2.35. The fourth-order valence-electron chi connectivity index (χ4n) is 3.23. The molecule has 0 saturated carbocycles. The minimum Gasteiger partial charge on any atom is -0.337 e. The van der Waals surface area contributed by atoms with Crippen LogP contribution in [-0.4, -0.2) is 51.0 Å². The Labute approximate surface area is 135 Å². The van der Waals surface area contributed by atoms with Crippen LogP contribution in [-0.2, 0) is 11.8 Å². The van der Waals surface area contributed by atoms with Crippen molar-refractivity contribution in [1.29, 1.82) is 0 Å². The van der Waals surface area contributed by atoms with Gasteiger partial charge in [0, 0.05) is 32.8 Å². The molecule has 124 valence electrons. The third-order valence-electron chi connectivity index (χ3n) is 4.55. The van der Waals surface area contributed by atoms with Gasteiger partial charge in [-0.3, -0.25) is 19.3 Å². The van der Waals surface area contributed by atoms with Gasteiger partial charge in [0.25, 0.3) is 11.8 Å². The number of amides is 2. The second-order valence-electron chi connectivity index (χ2n) is 6.77. The van der Waals surface area contributed by atoms with Gasteiger partial charge in [-0.2, -0.15) is 5.10 Å². The lowest BCUT2D eigenvalue weighted by molar-refractivity contribution is -0.125. The Balaban J connectivity index is 1.68. The van der Waals surface area contributed by atoms with Crippen molar-refractivity contribution in [3.63, 3.8) is 0 Å². The standard InChI is InChI=1S/C16H23N5O2/c1-11(2)10-13-18-15(23)16(19-13)5-8-21(9-6-16)14(22)12-4-7-17-20(12)3/h4,7,11H,5-6,8-10H2,1-3H3,(H,18,19,23). The molecule has 0 aliphatic carbocycles. The monoisotopic (exact) mass is 317 g/mol. The highest BCUT2D eigenvalue weighted by Gasteiger charge is 2.46. The van der Waals surface area contributed by atoms with Crippen LogP contribution in [0.25, 0.3) is 0 Å². The quantitative estimate of drug-likeness (QED) is 0.902. The zero-order valence-corrected chi connectivity index (χ0v) is 13.9. The summed E-state index contributed by atoms with van der Waals surface area (Å²) in [6.07, 6.45) is 3.55. The van der Waals surface area contributed by atoms with Gasteiger partial charge in [0.1, 0.15) is 17.1 Å². The molecule has 0 bridgehead atoms. The summed E-state index contributed by atoms with van der Waals surface area (Å²) in [5.41, 5.74) is -0.103. The molecule has 1 aromatic heterocycles. The number of carbonyl (C=O) groups excluding carboxylic acids is 2. The van der Waals surface area contributed by atoms with E-state index in [4.69, 9.17) is 0 Å². The molecule has 3 heterocycles. The molecule has 2 aliphatic rings. The molecule has 1 fully saturated rings. The van der Waals surface area contributed by atoms with Crippen LogP contribution < -0.4 is 5.32 Å². The number of hydrogen-bond donors (Lipinski definition) is 1. The number of hydrogen-bond acceptors (Lipinski definition) is 4. The highest BCUT2D eigenvalue weighted by atomic mass is 16.2. The molecule has 23 heavy (non-hydrogen) atoms. The molecule has 7 heteroatoms. The SMILES string of the molecule is CC(C)CC1=NC2(CCN(C(=O)c3ccnn3C)CC2)C(=O)N1. The van der Waals surface area contributed by atoms with Gasteiger partial charge in [0.2, 0.25) is 0 Å². The first-order valence-electron chi connectivity index (χ1n) is 8.09. The number of nitrogens with one attached hydrogen (secondary N) is 1. The van der Waals surface area contributed by atoms with Gasteiger partial charge in [-0.1, -0.05) is 13.8 Å². The van der Waals surface area contributed by atoms with E-state index in [9.17, 15) is 9.59 Å². The number of aliphatic imine (C=N–C) groups is 1. The Morgan fingerprint density at radius 2 is 2.09 bits per heavy atom. The lowest BCUT2D eigenvalue weighted by atomic mass is 9.88. The average molecular weight is 317 g/mol. The fourth-order valence-corrected chi connectivity index (χ4v) is 3.23. The number of rotatable bonds is 3. The number of aryl methyl sites for hydroxylation is 1. The van der Waals surface area contributed by atoms with Crippen LogP contribution in [0, 0.1) is 5.92 Å². The predicted octanol–water partition coefficient (Wildman–Crippen LogP) is 0.969. The van der Waals surface area contributed by atoms with Crippen LogP contribution in [0.2, 0.25) is 0 Å². The molecule has 2 amide bonds. The van der Waals surface area contributed by atoms with Gasteiger partial charge in [0.05, 0.1) is 0 Å². The van der Waals surface area contributed by atoms with Crippen LogP contribution in [0.4, 0.5) is 0 Å². The summed E-state index contributed by atoms with van der Waals surface area (Å²) in [6.45, 7) is 5.29. The molecule has 2 aliphatic heterocycles. The Morgan fingerprint density at radius 3 is 2.65 bits per heavy atom. The third kappa shape index (κ3) is 2.87. The molecule has 0 unspecified atom stereocenters. The molecule has 1 saturated heterocycles. The summed E-state index contributed by atoms with van der Waals surface area (Å²) >= 11 is 0. The normalized spacial score (nSPS) is 20.1. The van der Waals surface area contributed by atoms with Gasteiger partial charge in [0.15, 0.2) is 0 Å². The number of piperidine rings is 1. The zero-order chi connectivity index (χ0) is 16.6. The average Bonchev–Trinajstić information content (AvgIpc) is 3.03. The summed E-state index contributed by atoms with van der Waals surface area (Å²) in [5, 5.41) is 6.96. The summed E-state index contributed by atoms with van der Waals surface area (Å²) in [6, 6.07) is 1.72. The van der Waals surface area contributed by atoms with Crippen LogP contribution in [0.15, 0.2) is 17.3 Å². The summed E-state index contributed by atoms with van der Waals surface area (Å²) in [4.78, 5) is 31.3. The van der Waals surface area contributed by atoms with Crippen LogP contribution in [0.5, 0.6) is 0 Å². The van der Waals surface area contributed by atoms with E-state index in [1.807, 2.05) is 0 Å². The molecule has 1 spiro atoms. The number of likely N-dealkylation sites (tertiary alicyclic amines) is 1. The minimum atomic E-state index is -0.673. The number of carbonyl (C=O) groups is 2. The van der Waals surface area contributed by atoms with Crippen molar-refractivity contribution in [2.24, 2.45) is 18.0 Å². The van der Waals surface area contributed by atoms with Crippen molar-refractivity contribution in [2.75, 3.05) is 13.1 Å². The Hall–Kier alpha value is -2.18. The smallest absolute Gasteiger partial charge is 0.272 e. The zero-order valence-electron chi connectivity index (χ0n) is 13.9. The summed E-state index contributed by atoms with van der Waals surface area (Å²) in [7, 11) is 1.76. The Morgan fingerprint density at radius 1 is 1.39 bits per heavy atom. The van der Waals surface area contributed by atoms with E-state index < -0.39 is 5.54 Å². The van der Waals surface area contributed by atoms with Gasteiger partial charge in [-0.05, 0) is 24.8 Å². The van der Waals surface area contributed by atoms with E-state index >= 15 is 0 Å². The number of amidine groups is 1. The van der Waals surface area contributed by atoms with Crippen molar-refractivity contribution in [1.82, 2.24) is 20.0 Å². The second kappa shape index (κ2) is 5.79. The predicted molar refractivity (Wildman–Crippen MR) is 86.1 cm³/mol. The Kier molecular flexibility index (Phi) is 3.95. The van der Waals surface area contributed by atoms with Gasteiger partial charge < -0.3 is 10.2 Å². The van der Waals surface area contributed by atoms with Crippen molar-refractivity contribution in [3.8, 4) is 0 Å². The molecule has 1 aromatic rings. The van der Waals surface area contributed by atoms with Gasteiger partial charge in [-0.25, -0.2) is 0 Å². The van der Waals surface area contributed by atoms with Crippen LogP contribution >= 0.6 is 0 Å². The largest absolute Gasteiger partial charge is 0.337 e. The van der Waals surface area contributed by atoms with Crippen molar-refractivity contribution in [3.05, 3.63) is 18.0 Å². The van der Waals surface area contributed by atoms with E-state index in [0.717, 1.165) is 12.3 Å². The highest BCUT2D eigenvalue weighted by molar-refractivity contribution is 6.08. The molecule has 7 nitrogen and oxygen atoms in total. The van der Waals surface area contributed by atoms with Crippen molar-refractivity contribution >= 4 is 17.6 Å². The van der Waals surface area contributed by atoms with Crippen molar-refractivity contribution < 1.29 is 9.59 Å². The topological polar surface area (TPSA) is 79.6 Å². The molecule has 3 rings (SSSR count). The first kappa shape index (κ1) is 15.7. The van der Waals surface area contributed by atoms with Crippen LogP contribution in [0.1, 0.15) is 43.6 Å². The van der Waals surface area contributed by atoms with Gasteiger partial charge >= 0.3 is 0 Å². The van der Waals surface area contributed by atoms with Crippen molar-refractivity contribution in [2.45, 2.75) is 38.6 Å². The summed E-state index contributed by atoms with van der Waals surface area (Å²) in [5.74, 6) is 1.19. The maximum atomic E-state index is 12.5. The molecule has 0 radical (unpaired) electrons. The number of nitrogens with zero attached hydrogens (tertiary/aromatic N) is 4. The van der Waals surface area contributed by atoms with Gasteiger partial charge in [-0.15, -0.1) is 0 Å². The molecule has 0 aromatic carbocycles. The molecule has 0 atom stereocenters. The first-order valence-corrected chi connectivity index (χ1v) is 8.09. The minimum absolute atomic E-state index is 0.0132. The fraction of sp³-hybridized carbons (Fsp3) is 0.625. The molecule has 1 N–H and O–H groups in total. The highest BCUT2D eigenvalue weighted by Crippen LogP contribution is 2.31. The second-order valence-corrected chi connectivity index (χ2v) is 6.77. The first-order chi connectivity index (χ1) is 10.9. The lowest BCUT2D eigenvalue weighted by Crippen LogP contribution is -2.50.